The molecule has 2 N–H and O–H groups in total. The summed E-state index contributed by atoms with van der Waals surface area (Å²) in [5.41, 5.74) is 5.52. The lowest BCUT2D eigenvalue weighted by atomic mass is 9.74. The monoisotopic (exact) mass is 466 g/mol. The smallest absolute Gasteiger partial charge is 0.507 e. The first-order valence-corrected chi connectivity index (χ1v) is 11.1. The lowest BCUT2D eigenvalue weighted by molar-refractivity contribution is 0.0358. The Morgan fingerprint density at radius 2 is 1.62 bits per heavy atom. The van der Waals surface area contributed by atoms with Gasteiger partial charge in [0.15, 0.2) is 0 Å². The highest BCUT2D eigenvalue weighted by molar-refractivity contribution is 6.54. The van der Waals surface area contributed by atoms with Crippen LogP contribution in [0.3, 0.4) is 0 Å². The van der Waals surface area contributed by atoms with Gasteiger partial charge in [0.25, 0.3) is 11.8 Å². The van der Waals surface area contributed by atoms with Gasteiger partial charge in [0.05, 0.1) is 5.54 Å². The second kappa shape index (κ2) is 11.0. The third-order valence-electron chi connectivity index (χ3n) is 5.47. The van der Waals surface area contributed by atoms with Crippen molar-refractivity contribution >= 4 is 18.8 Å². The van der Waals surface area contributed by atoms with E-state index in [2.05, 4.69) is 15.6 Å². The summed E-state index contributed by atoms with van der Waals surface area (Å²) in [6.45, 7) is 9.73. The van der Waals surface area contributed by atoms with Crippen molar-refractivity contribution in [3.8, 4) is 5.75 Å². The van der Waals surface area contributed by atoms with Crippen molar-refractivity contribution in [2.75, 3.05) is 0 Å². The summed E-state index contributed by atoms with van der Waals surface area (Å²) in [5.74, 6) is -0.916. The Bertz CT molecular complexity index is 1070. The first kappa shape index (κ1) is 26.7. The number of hydrogen-bond donors (Lipinski definition) is 2. The number of amides is 2. The van der Waals surface area contributed by atoms with Crippen molar-refractivity contribution in [1.82, 2.24) is 10.4 Å². The summed E-state index contributed by atoms with van der Waals surface area (Å²) in [6, 6.07) is 8.71. The Morgan fingerprint density at radius 3 is 2.15 bits per heavy atom. The number of rotatable bonds is 8. The SMILES string of the molecule is Cc1cc(C)cc(C(=O)N(NC(=O)c2ccc(CCCB(N=O)N=O)c(O)c2C)C(C)(C)C)c1. The highest BCUT2D eigenvalue weighted by atomic mass is 16.3. The maximum absolute atomic E-state index is 13.3. The molecule has 0 saturated carbocycles. The van der Waals surface area contributed by atoms with Crippen molar-refractivity contribution in [3.05, 3.63) is 73.5 Å². The van der Waals surface area contributed by atoms with Crippen molar-refractivity contribution in [2.24, 2.45) is 10.2 Å². The molecule has 0 saturated heterocycles. The van der Waals surface area contributed by atoms with Crippen LogP contribution in [0.15, 0.2) is 40.5 Å². The van der Waals surface area contributed by atoms with Gasteiger partial charge in [0, 0.05) is 16.7 Å². The average molecular weight is 466 g/mol. The minimum absolute atomic E-state index is 0.0507. The number of aryl methyl sites for hydroxylation is 3. The first-order valence-electron chi connectivity index (χ1n) is 11.1. The standard InChI is InChI=1S/C24H31BN4O5/c1-15-12-16(2)14-19(13-15)23(32)29(24(4,5)6)26-22(31)20-10-9-18(21(30)17(20)3)8-7-11-25(27-33)28-34/h9-10,12-14,30H,7-8,11H2,1-6H3,(H,26,31). The van der Waals surface area contributed by atoms with Crippen molar-refractivity contribution in [3.63, 3.8) is 0 Å². The highest BCUT2D eigenvalue weighted by Crippen LogP contribution is 2.28. The number of benzene rings is 2. The number of carbonyl (C=O) groups is 2. The highest BCUT2D eigenvalue weighted by Gasteiger charge is 2.30. The van der Waals surface area contributed by atoms with Gasteiger partial charge in [-0.15, -0.1) is 10.2 Å². The Hall–Kier alpha value is -3.56. The fourth-order valence-electron chi connectivity index (χ4n) is 3.72. The third-order valence-corrected chi connectivity index (χ3v) is 5.47. The van der Waals surface area contributed by atoms with Gasteiger partial charge in [-0.3, -0.25) is 15.0 Å². The van der Waals surface area contributed by atoms with Gasteiger partial charge in [-0.2, -0.15) is 9.81 Å². The van der Waals surface area contributed by atoms with E-state index >= 15 is 0 Å². The molecule has 0 aliphatic heterocycles. The summed E-state index contributed by atoms with van der Waals surface area (Å²) >= 11 is 0. The lowest BCUT2D eigenvalue weighted by Gasteiger charge is -2.35. The molecule has 0 radical (unpaired) electrons. The number of carbonyl (C=O) groups excluding carboxylic acids is 2. The number of aromatic hydroxyl groups is 1. The second-order valence-corrected chi connectivity index (χ2v) is 9.46. The van der Waals surface area contributed by atoms with Crippen LogP contribution in [0.5, 0.6) is 5.75 Å². The molecule has 34 heavy (non-hydrogen) atoms. The summed E-state index contributed by atoms with van der Waals surface area (Å²) < 4.78 is 0. The average Bonchev–Trinajstić information content (AvgIpc) is 2.75. The topological polar surface area (TPSA) is 128 Å². The van der Waals surface area contributed by atoms with Crippen LogP contribution >= 0.6 is 0 Å². The van der Waals surface area contributed by atoms with E-state index in [0.717, 1.165) is 11.1 Å². The second-order valence-electron chi connectivity index (χ2n) is 9.46. The Labute approximate surface area is 200 Å². The predicted octanol–water partition coefficient (Wildman–Crippen LogP) is 4.86. The third kappa shape index (κ3) is 6.49. The molecule has 2 aromatic rings. The molecular weight excluding hydrogens is 435 g/mol. The number of nitrogens with zero attached hydrogens (tertiary/aromatic N) is 3. The molecule has 10 heteroatoms. The summed E-state index contributed by atoms with van der Waals surface area (Å²) in [5, 5.41) is 17.2. The maximum atomic E-state index is 13.3. The number of hydrazine groups is 1. The van der Waals surface area contributed by atoms with E-state index in [1.807, 2.05) is 40.7 Å². The van der Waals surface area contributed by atoms with Gasteiger partial charge < -0.3 is 5.11 Å². The molecular formula is C24H31BN4O5. The molecule has 0 spiro atoms. The van der Waals surface area contributed by atoms with Crippen LogP contribution in [-0.4, -0.2) is 34.5 Å². The molecule has 0 fully saturated rings. The van der Waals surface area contributed by atoms with E-state index < -0.39 is 18.4 Å². The molecule has 0 unspecified atom stereocenters. The number of nitroso groups, excluding NO2 is 2. The Kier molecular flexibility index (Phi) is 8.67. The molecule has 0 aliphatic carbocycles. The molecule has 0 aromatic heterocycles. The van der Waals surface area contributed by atoms with Gasteiger partial charge in [-0.1, -0.05) is 29.7 Å². The number of phenols is 1. The largest absolute Gasteiger partial charge is 0.517 e. The quantitative estimate of drug-likeness (QED) is 0.326. The van der Waals surface area contributed by atoms with Crippen LogP contribution < -0.4 is 5.43 Å². The minimum Gasteiger partial charge on any atom is -0.507 e. The summed E-state index contributed by atoms with van der Waals surface area (Å²) in [7, 11) is 0. The molecule has 0 bridgehead atoms. The van der Waals surface area contributed by atoms with E-state index in [0.29, 0.717) is 29.5 Å². The molecule has 0 atom stereocenters. The van der Waals surface area contributed by atoms with Crippen LogP contribution in [0.2, 0.25) is 6.32 Å². The molecule has 9 nitrogen and oxygen atoms in total. The van der Waals surface area contributed by atoms with E-state index in [4.69, 9.17) is 0 Å². The molecule has 2 rings (SSSR count). The normalized spacial score (nSPS) is 11.0. The first-order chi connectivity index (χ1) is 15.9. The zero-order chi connectivity index (χ0) is 25.6. The Morgan fingerprint density at radius 1 is 1.03 bits per heavy atom. The number of hydrogen-bond acceptors (Lipinski definition) is 7. The summed E-state index contributed by atoms with van der Waals surface area (Å²) in [6.07, 6.45) is 0.979. The van der Waals surface area contributed by atoms with Crippen LogP contribution in [0.25, 0.3) is 0 Å². The predicted molar refractivity (Wildman–Crippen MR) is 133 cm³/mol. The fourth-order valence-corrected chi connectivity index (χ4v) is 3.72. The molecule has 2 aromatic carbocycles. The van der Waals surface area contributed by atoms with Crippen LogP contribution in [-0.2, 0) is 6.42 Å². The zero-order valence-electron chi connectivity index (χ0n) is 20.5. The van der Waals surface area contributed by atoms with Gasteiger partial charge in [-0.25, -0.2) is 5.01 Å². The van der Waals surface area contributed by atoms with Gasteiger partial charge in [-0.05, 0) is 78.0 Å². The Balaban J connectivity index is 2.25. The van der Waals surface area contributed by atoms with Crippen molar-refractivity contribution in [2.45, 2.75) is 66.2 Å². The lowest BCUT2D eigenvalue weighted by Crippen LogP contribution is -2.56. The van der Waals surface area contributed by atoms with Crippen molar-refractivity contribution < 1.29 is 14.7 Å². The van der Waals surface area contributed by atoms with Crippen molar-refractivity contribution in [1.29, 1.82) is 0 Å². The number of phenolic OH excluding ortho intramolecular Hbond substituents is 1. The van der Waals surface area contributed by atoms with Crippen LogP contribution in [0.1, 0.15) is 70.2 Å². The molecule has 0 heterocycles. The fraction of sp³-hybridized carbons (Fsp3) is 0.417. The van der Waals surface area contributed by atoms with Gasteiger partial charge in [0.1, 0.15) is 5.75 Å². The van der Waals surface area contributed by atoms with Crippen LogP contribution in [0.4, 0.5) is 0 Å². The summed E-state index contributed by atoms with van der Waals surface area (Å²) in [4.78, 5) is 47.4. The van der Waals surface area contributed by atoms with E-state index in [9.17, 15) is 24.5 Å². The van der Waals surface area contributed by atoms with E-state index in [-0.39, 0.29) is 23.5 Å². The van der Waals surface area contributed by atoms with Gasteiger partial charge in [0.2, 0.25) is 0 Å². The minimum atomic E-state index is -1.15. The van der Waals surface area contributed by atoms with E-state index in [1.165, 1.54) is 5.01 Å². The zero-order valence-corrected chi connectivity index (χ0v) is 20.5. The maximum Gasteiger partial charge on any atom is 0.517 e. The van der Waals surface area contributed by atoms with E-state index in [1.54, 1.807) is 31.2 Å². The molecule has 180 valence electrons. The molecule has 2 amide bonds. The van der Waals surface area contributed by atoms with Gasteiger partial charge >= 0.3 is 6.98 Å². The number of nitrogens with one attached hydrogen (secondary N) is 1. The van der Waals surface area contributed by atoms with Crippen LogP contribution in [0, 0.1) is 30.6 Å². The molecule has 0 aliphatic rings.